The average Bonchev–Trinajstić information content (AvgIpc) is 3.34. The molecule has 2 aromatic carbocycles. The van der Waals surface area contributed by atoms with Crippen LogP contribution in [0.1, 0.15) is 31.1 Å². The van der Waals surface area contributed by atoms with Crippen LogP contribution in [0, 0.1) is 0 Å². The van der Waals surface area contributed by atoms with Crippen LogP contribution in [-0.4, -0.2) is 57.7 Å². The number of hydrogen-bond acceptors (Lipinski definition) is 7. The van der Waals surface area contributed by atoms with Crippen molar-refractivity contribution in [3.05, 3.63) is 94.1 Å². The number of rotatable bonds is 8. The molecule has 2 atom stereocenters. The topological polar surface area (TPSA) is 88.7 Å². The van der Waals surface area contributed by atoms with Gasteiger partial charge in [0, 0.05) is 43.0 Å². The molecule has 3 heterocycles. The van der Waals surface area contributed by atoms with Gasteiger partial charge in [-0.05, 0) is 54.4 Å². The Bertz CT molecular complexity index is 1410. The van der Waals surface area contributed by atoms with Gasteiger partial charge in [-0.1, -0.05) is 36.7 Å². The van der Waals surface area contributed by atoms with Crippen molar-refractivity contribution in [2.45, 2.75) is 25.5 Å². The summed E-state index contributed by atoms with van der Waals surface area (Å²) >= 11 is 5.98. The van der Waals surface area contributed by atoms with Gasteiger partial charge in [0.05, 0.1) is 18.8 Å². The first-order chi connectivity index (χ1) is 18.5. The molecule has 1 aliphatic rings. The minimum Gasteiger partial charge on any atom is -0.481 e. The zero-order valence-electron chi connectivity index (χ0n) is 21.4. The number of benzene rings is 2. The Morgan fingerprint density at radius 1 is 0.947 bits per heavy atom. The molecule has 1 saturated heterocycles. The molecule has 9 nitrogen and oxygen atoms in total. The van der Waals surface area contributed by atoms with Gasteiger partial charge in [-0.2, -0.15) is 10.1 Å². The number of aliphatic hydroxyl groups is 1. The quantitative estimate of drug-likeness (QED) is 0.364. The van der Waals surface area contributed by atoms with Gasteiger partial charge in [0.15, 0.2) is 0 Å². The number of hydrogen-bond donors (Lipinski definition) is 1. The third-order valence-corrected chi connectivity index (χ3v) is 7.27. The number of ether oxygens (including phenoxy) is 1. The Labute approximate surface area is 226 Å². The number of aliphatic hydroxyl groups excluding tert-OH is 1. The van der Waals surface area contributed by atoms with Gasteiger partial charge in [0.1, 0.15) is 18.2 Å². The molecule has 1 unspecified atom stereocenters. The van der Waals surface area contributed by atoms with E-state index in [1.54, 1.807) is 31.4 Å². The Balaban J connectivity index is 1.27. The first kappa shape index (κ1) is 25.8. The molecule has 198 valence electrons. The molecule has 0 amide bonds. The molecule has 0 saturated carbocycles. The van der Waals surface area contributed by atoms with Gasteiger partial charge in [-0.25, -0.2) is 14.0 Å². The molecule has 10 heteroatoms. The Kier molecular flexibility index (Phi) is 7.67. The highest BCUT2D eigenvalue weighted by Gasteiger charge is 2.25. The van der Waals surface area contributed by atoms with E-state index in [2.05, 4.69) is 19.9 Å². The number of anilines is 2. The molecule has 38 heavy (non-hydrogen) atoms. The van der Waals surface area contributed by atoms with Gasteiger partial charge >= 0.3 is 5.69 Å². The molecule has 5 rings (SSSR count). The highest BCUT2D eigenvalue weighted by Crippen LogP contribution is 2.29. The lowest BCUT2D eigenvalue weighted by atomic mass is 10.0. The summed E-state index contributed by atoms with van der Waals surface area (Å²) < 4.78 is 8.12. The van der Waals surface area contributed by atoms with Gasteiger partial charge in [-0.15, -0.1) is 0 Å². The van der Waals surface area contributed by atoms with Crippen LogP contribution in [0.2, 0.25) is 5.02 Å². The predicted molar refractivity (Wildman–Crippen MR) is 149 cm³/mol. The highest BCUT2D eigenvalue weighted by atomic mass is 35.5. The lowest BCUT2D eigenvalue weighted by Gasteiger charge is -2.36. The van der Waals surface area contributed by atoms with Crippen LogP contribution in [-0.2, 0) is 0 Å². The zero-order chi connectivity index (χ0) is 26.6. The normalized spacial score (nSPS) is 15.4. The second-order valence-corrected chi connectivity index (χ2v) is 9.67. The number of halogens is 1. The smallest absolute Gasteiger partial charge is 0.350 e. The number of nitrogens with zero attached hydrogens (tertiary/aromatic N) is 6. The zero-order valence-corrected chi connectivity index (χ0v) is 22.2. The van der Waals surface area contributed by atoms with Crippen molar-refractivity contribution in [1.82, 2.24) is 19.3 Å². The number of methoxy groups -OCH3 is 1. The van der Waals surface area contributed by atoms with E-state index in [9.17, 15) is 9.90 Å². The van der Waals surface area contributed by atoms with Crippen LogP contribution in [0.25, 0.3) is 5.69 Å². The summed E-state index contributed by atoms with van der Waals surface area (Å²) in [5, 5.41) is 15.9. The van der Waals surface area contributed by atoms with Gasteiger partial charge in [0.25, 0.3) is 0 Å². The van der Waals surface area contributed by atoms with E-state index in [0.29, 0.717) is 22.9 Å². The summed E-state index contributed by atoms with van der Waals surface area (Å²) in [7, 11) is 1.62. The lowest BCUT2D eigenvalue weighted by molar-refractivity contribution is 0.101. The van der Waals surface area contributed by atoms with Gasteiger partial charge < -0.3 is 19.6 Å². The number of pyridine rings is 1. The number of piperazine rings is 1. The van der Waals surface area contributed by atoms with E-state index in [4.69, 9.17) is 16.3 Å². The molecule has 4 aromatic rings. The molecule has 2 aromatic heterocycles. The third-order valence-electron chi connectivity index (χ3n) is 7.02. The second-order valence-electron chi connectivity index (χ2n) is 9.23. The van der Waals surface area contributed by atoms with E-state index in [-0.39, 0.29) is 5.69 Å². The monoisotopic (exact) mass is 534 g/mol. The summed E-state index contributed by atoms with van der Waals surface area (Å²) in [5.74, 6) is 1.53. The van der Waals surface area contributed by atoms with E-state index >= 15 is 0 Å². The first-order valence-electron chi connectivity index (χ1n) is 12.7. The largest absolute Gasteiger partial charge is 0.481 e. The maximum Gasteiger partial charge on any atom is 0.350 e. The van der Waals surface area contributed by atoms with Crippen molar-refractivity contribution in [3.63, 3.8) is 0 Å². The molecule has 0 bridgehead atoms. The summed E-state index contributed by atoms with van der Waals surface area (Å²) in [5.41, 5.74) is 2.21. The standard InChI is InChI=1S/C28H31ClN6O3/c1-3-24(27(36)20-7-9-21(29)10-8-20)35-28(37)34(19-30-35)23-13-11-22(12-14-23)32-15-17-33(18-16-32)25-5-4-6-26(31-25)38-2/h4-14,19,24,27,36H,3,15-18H2,1-2H3/t24?,27-/m1/s1. The maximum absolute atomic E-state index is 13.3. The van der Waals surface area contributed by atoms with Crippen LogP contribution in [0.3, 0.4) is 0 Å². The van der Waals surface area contributed by atoms with Crippen LogP contribution >= 0.6 is 11.6 Å². The molecule has 1 N–H and O–H groups in total. The first-order valence-corrected chi connectivity index (χ1v) is 13.1. The van der Waals surface area contributed by atoms with E-state index < -0.39 is 12.1 Å². The second kappa shape index (κ2) is 11.3. The number of aromatic nitrogens is 4. The van der Waals surface area contributed by atoms with Crippen molar-refractivity contribution < 1.29 is 9.84 Å². The minimum absolute atomic E-state index is 0.294. The van der Waals surface area contributed by atoms with E-state index in [1.165, 1.54) is 15.6 Å². The van der Waals surface area contributed by atoms with E-state index in [1.807, 2.05) is 49.4 Å². The lowest BCUT2D eigenvalue weighted by Crippen LogP contribution is -2.46. The summed E-state index contributed by atoms with van der Waals surface area (Å²) in [4.78, 5) is 22.4. The van der Waals surface area contributed by atoms with Crippen LogP contribution in [0.5, 0.6) is 5.88 Å². The van der Waals surface area contributed by atoms with Crippen LogP contribution in [0.15, 0.2) is 77.9 Å². The average molecular weight is 535 g/mol. The van der Waals surface area contributed by atoms with Gasteiger partial charge in [-0.3, -0.25) is 0 Å². The fraction of sp³-hybridized carbons (Fsp3) is 0.321. The fourth-order valence-corrected chi connectivity index (χ4v) is 4.97. The molecule has 1 aliphatic heterocycles. The minimum atomic E-state index is -0.883. The summed E-state index contributed by atoms with van der Waals surface area (Å²) in [6.07, 6.45) is 1.16. The predicted octanol–water partition coefficient (Wildman–Crippen LogP) is 4.10. The highest BCUT2D eigenvalue weighted by molar-refractivity contribution is 6.30. The van der Waals surface area contributed by atoms with E-state index in [0.717, 1.165) is 43.4 Å². The summed E-state index contributed by atoms with van der Waals surface area (Å²) in [6, 6.07) is 20.2. The SMILES string of the molecule is CCC([C@H](O)c1ccc(Cl)cc1)n1ncn(-c2ccc(N3CCN(c4cccc(OC)n4)CC3)cc2)c1=O. The fourth-order valence-electron chi connectivity index (χ4n) is 4.84. The van der Waals surface area contributed by atoms with Crippen molar-refractivity contribution in [1.29, 1.82) is 0 Å². The molecule has 0 aliphatic carbocycles. The molecule has 0 spiro atoms. The maximum atomic E-state index is 13.3. The molecular formula is C28H31ClN6O3. The molecular weight excluding hydrogens is 504 g/mol. The molecule has 0 radical (unpaired) electrons. The Morgan fingerprint density at radius 2 is 1.61 bits per heavy atom. The molecule has 1 fully saturated rings. The summed E-state index contributed by atoms with van der Waals surface area (Å²) in [6.45, 7) is 5.34. The Hall–Kier alpha value is -3.82. The van der Waals surface area contributed by atoms with Crippen molar-refractivity contribution in [2.24, 2.45) is 0 Å². The van der Waals surface area contributed by atoms with Gasteiger partial charge in [0.2, 0.25) is 5.88 Å². The van der Waals surface area contributed by atoms with Crippen molar-refractivity contribution >= 4 is 23.1 Å². The van der Waals surface area contributed by atoms with Crippen molar-refractivity contribution in [3.8, 4) is 11.6 Å². The van der Waals surface area contributed by atoms with Crippen LogP contribution in [0.4, 0.5) is 11.5 Å². The third kappa shape index (κ3) is 5.25. The van der Waals surface area contributed by atoms with Crippen molar-refractivity contribution in [2.75, 3.05) is 43.1 Å². The van der Waals surface area contributed by atoms with Crippen LogP contribution < -0.4 is 20.2 Å². The Morgan fingerprint density at radius 3 is 2.26 bits per heavy atom.